The Morgan fingerprint density at radius 2 is 2.07 bits per heavy atom. The topological polar surface area (TPSA) is 89.5 Å². The Hall–Kier alpha value is -3.68. The van der Waals surface area contributed by atoms with Crippen molar-refractivity contribution in [1.29, 1.82) is 0 Å². The highest BCUT2D eigenvalue weighted by molar-refractivity contribution is 5.95. The number of nitrogens with zero attached hydrogens (tertiary/aromatic N) is 4. The first-order chi connectivity index (χ1) is 14.3. The minimum atomic E-state index is -0.125. The van der Waals surface area contributed by atoms with Crippen molar-refractivity contribution in [1.82, 2.24) is 20.3 Å². The van der Waals surface area contributed by atoms with Gasteiger partial charge in [0.2, 0.25) is 12.7 Å². The number of pyridine rings is 1. The molecule has 0 saturated carbocycles. The quantitative estimate of drug-likeness (QED) is 0.732. The molecule has 1 atom stereocenters. The van der Waals surface area contributed by atoms with Gasteiger partial charge in [0, 0.05) is 48.8 Å². The zero-order valence-electron chi connectivity index (χ0n) is 15.6. The summed E-state index contributed by atoms with van der Waals surface area (Å²) >= 11 is 0. The van der Waals surface area contributed by atoms with E-state index in [1.54, 1.807) is 36.8 Å². The number of fused-ring (bicyclic) bond motifs is 1. The second kappa shape index (κ2) is 7.38. The molecule has 0 bridgehead atoms. The number of anilines is 1. The van der Waals surface area contributed by atoms with Gasteiger partial charge in [0.15, 0.2) is 11.5 Å². The molecule has 1 amide bonds. The molecular formula is C21H19N5O3. The number of carbonyl (C=O) groups excluding carboxylic acids is 1. The van der Waals surface area contributed by atoms with E-state index in [2.05, 4.69) is 25.2 Å². The van der Waals surface area contributed by atoms with E-state index in [1.807, 2.05) is 18.2 Å². The summed E-state index contributed by atoms with van der Waals surface area (Å²) < 4.78 is 10.6. The molecule has 0 aliphatic carbocycles. The van der Waals surface area contributed by atoms with Crippen LogP contribution in [0.2, 0.25) is 0 Å². The van der Waals surface area contributed by atoms with Crippen LogP contribution < -0.4 is 19.7 Å². The molecule has 1 unspecified atom stereocenters. The Labute approximate surface area is 167 Å². The summed E-state index contributed by atoms with van der Waals surface area (Å²) in [5.74, 6) is 1.80. The lowest BCUT2D eigenvalue weighted by atomic mass is 10.1. The smallest absolute Gasteiger partial charge is 0.251 e. The van der Waals surface area contributed by atoms with Gasteiger partial charge in [-0.15, -0.1) is 0 Å². The lowest BCUT2D eigenvalue weighted by molar-refractivity contribution is 0.0940. The zero-order chi connectivity index (χ0) is 19.6. The predicted molar refractivity (Wildman–Crippen MR) is 106 cm³/mol. The number of nitrogens with one attached hydrogen (secondary N) is 1. The van der Waals surface area contributed by atoms with Crippen molar-refractivity contribution in [2.75, 3.05) is 24.8 Å². The van der Waals surface area contributed by atoms with Crippen molar-refractivity contribution in [3.63, 3.8) is 0 Å². The first-order valence-corrected chi connectivity index (χ1v) is 9.45. The Morgan fingerprint density at radius 3 is 2.97 bits per heavy atom. The van der Waals surface area contributed by atoms with E-state index in [9.17, 15) is 4.79 Å². The van der Waals surface area contributed by atoms with Gasteiger partial charge < -0.3 is 19.7 Å². The van der Waals surface area contributed by atoms with E-state index >= 15 is 0 Å². The molecule has 29 heavy (non-hydrogen) atoms. The van der Waals surface area contributed by atoms with Crippen molar-refractivity contribution >= 4 is 11.9 Å². The van der Waals surface area contributed by atoms with Crippen LogP contribution in [0.25, 0.3) is 11.3 Å². The molecule has 2 aromatic heterocycles. The Morgan fingerprint density at radius 1 is 1.14 bits per heavy atom. The highest BCUT2D eigenvalue weighted by Gasteiger charge is 2.27. The molecule has 0 radical (unpaired) electrons. The molecule has 1 N–H and O–H groups in total. The van der Waals surface area contributed by atoms with Gasteiger partial charge >= 0.3 is 0 Å². The number of rotatable bonds is 4. The van der Waals surface area contributed by atoms with Gasteiger partial charge in [-0.25, -0.2) is 9.97 Å². The minimum absolute atomic E-state index is 0.0265. The van der Waals surface area contributed by atoms with Gasteiger partial charge in [0.1, 0.15) is 0 Å². The average Bonchev–Trinajstić information content (AvgIpc) is 3.43. The SMILES string of the molecule is O=C(NC1CCN(c2nccc(-c3cccnc3)n2)C1)c1ccc2c(c1)OCO2. The van der Waals surface area contributed by atoms with E-state index in [4.69, 9.17) is 9.47 Å². The molecule has 1 aromatic carbocycles. The molecule has 4 heterocycles. The van der Waals surface area contributed by atoms with Crippen LogP contribution in [0, 0.1) is 0 Å². The van der Waals surface area contributed by atoms with E-state index in [0.29, 0.717) is 29.6 Å². The number of aromatic nitrogens is 3. The lowest BCUT2D eigenvalue weighted by Gasteiger charge is -2.17. The van der Waals surface area contributed by atoms with Gasteiger partial charge in [-0.05, 0) is 42.8 Å². The van der Waals surface area contributed by atoms with E-state index in [0.717, 1.165) is 24.2 Å². The van der Waals surface area contributed by atoms with Crippen LogP contribution in [0.15, 0.2) is 55.0 Å². The second-order valence-corrected chi connectivity index (χ2v) is 6.96. The second-order valence-electron chi connectivity index (χ2n) is 6.96. The number of benzene rings is 1. The molecule has 2 aliphatic rings. The fourth-order valence-electron chi connectivity index (χ4n) is 3.54. The van der Waals surface area contributed by atoms with Crippen molar-refractivity contribution in [2.24, 2.45) is 0 Å². The van der Waals surface area contributed by atoms with Crippen molar-refractivity contribution in [3.05, 3.63) is 60.6 Å². The summed E-state index contributed by atoms with van der Waals surface area (Å²) in [6.07, 6.45) is 6.10. The maximum atomic E-state index is 12.6. The summed E-state index contributed by atoms with van der Waals surface area (Å²) in [4.78, 5) is 27.9. The van der Waals surface area contributed by atoms with Gasteiger partial charge in [-0.3, -0.25) is 9.78 Å². The number of hydrogen-bond acceptors (Lipinski definition) is 7. The van der Waals surface area contributed by atoms with Crippen LogP contribution >= 0.6 is 0 Å². The van der Waals surface area contributed by atoms with Crippen LogP contribution in [0.5, 0.6) is 11.5 Å². The van der Waals surface area contributed by atoms with Gasteiger partial charge in [-0.2, -0.15) is 0 Å². The van der Waals surface area contributed by atoms with E-state index < -0.39 is 0 Å². The van der Waals surface area contributed by atoms with E-state index in [-0.39, 0.29) is 18.7 Å². The van der Waals surface area contributed by atoms with Crippen LogP contribution in [-0.2, 0) is 0 Å². The van der Waals surface area contributed by atoms with Crippen molar-refractivity contribution in [3.8, 4) is 22.8 Å². The summed E-state index contributed by atoms with van der Waals surface area (Å²) in [5, 5.41) is 3.09. The Kier molecular flexibility index (Phi) is 4.44. The molecule has 5 rings (SSSR count). The molecule has 1 fully saturated rings. The van der Waals surface area contributed by atoms with Crippen LogP contribution in [-0.4, -0.2) is 46.8 Å². The van der Waals surface area contributed by atoms with Crippen LogP contribution in [0.3, 0.4) is 0 Å². The average molecular weight is 389 g/mol. The van der Waals surface area contributed by atoms with Gasteiger partial charge in [-0.1, -0.05) is 0 Å². The maximum absolute atomic E-state index is 12.6. The minimum Gasteiger partial charge on any atom is -0.454 e. The van der Waals surface area contributed by atoms with Crippen molar-refractivity contribution < 1.29 is 14.3 Å². The highest BCUT2D eigenvalue weighted by Crippen LogP contribution is 2.32. The standard InChI is InChI=1S/C21H19N5O3/c27-20(14-3-4-18-19(10-14)29-13-28-18)24-16-6-9-26(12-16)21-23-8-5-17(25-21)15-2-1-7-22-11-15/h1-5,7-8,10-11,16H,6,9,12-13H2,(H,24,27). The first kappa shape index (κ1) is 17.4. The van der Waals surface area contributed by atoms with Gasteiger partial charge in [0.25, 0.3) is 5.91 Å². The molecule has 0 spiro atoms. The molecule has 1 saturated heterocycles. The monoisotopic (exact) mass is 389 g/mol. The van der Waals surface area contributed by atoms with Crippen LogP contribution in [0.4, 0.5) is 5.95 Å². The summed E-state index contributed by atoms with van der Waals surface area (Å²) in [5.41, 5.74) is 2.33. The fourth-order valence-corrected chi connectivity index (χ4v) is 3.54. The number of carbonyl (C=O) groups is 1. The number of ether oxygens (including phenoxy) is 2. The summed E-state index contributed by atoms with van der Waals surface area (Å²) in [7, 11) is 0. The normalized spacial score (nSPS) is 17.4. The Balaban J connectivity index is 1.25. The Bertz CT molecular complexity index is 1040. The first-order valence-electron chi connectivity index (χ1n) is 9.45. The predicted octanol–water partition coefficient (Wildman–Crippen LogP) is 2.28. The molecule has 8 heteroatoms. The molecular weight excluding hydrogens is 370 g/mol. The van der Waals surface area contributed by atoms with E-state index in [1.165, 1.54) is 0 Å². The van der Waals surface area contributed by atoms with Gasteiger partial charge in [0.05, 0.1) is 5.69 Å². The molecule has 3 aromatic rings. The third-order valence-electron chi connectivity index (χ3n) is 5.04. The summed E-state index contributed by atoms with van der Waals surface area (Å²) in [6, 6.07) is 11.0. The third-order valence-corrected chi connectivity index (χ3v) is 5.04. The third kappa shape index (κ3) is 3.56. The molecule has 146 valence electrons. The maximum Gasteiger partial charge on any atom is 0.251 e. The fraction of sp³-hybridized carbons (Fsp3) is 0.238. The summed E-state index contributed by atoms with van der Waals surface area (Å²) in [6.45, 7) is 1.63. The van der Waals surface area contributed by atoms with Crippen LogP contribution in [0.1, 0.15) is 16.8 Å². The molecule has 8 nitrogen and oxygen atoms in total. The van der Waals surface area contributed by atoms with Crippen molar-refractivity contribution in [2.45, 2.75) is 12.5 Å². The molecule has 2 aliphatic heterocycles. The number of hydrogen-bond donors (Lipinski definition) is 1. The highest BCUT2D eigenvalue weighted by atomic mass is 16.7. The largest absolute Gasteiger partial charge is 0.454 e. The zero-order valence-corrected chi connectivity index (χ0v) is 15.6. The number of amides is 1. The lowest BCUT2D eigenvalue weighted by Crippen LogP contribution is -2.37.